The van der Waals surface area contributed by atoms with Crippen molar-refractivity contribution in [2.24, 2.45) is 5.73 Å². The van der Waals surface area contributed by atoms with Crippen LogP contribution in [0.2, 0.25) is 0 Å². The maximum absolute atomic E-state index is 12.8. The number of nitrogens with zero attached hydrogens (tertiary/aromatic N) is 4. The summed E-state index contributed by atoms with van der Waals surface area (Å²) < 4.78 is 1.94. The van der Waals surface area contributed by atoms with Crippen molar-refractivity contribution in [2.75, 3.05) is 10.6 Å². The predicted molar refractivity (Wildman–Crippen MR) is 131 cm³/mol. The summed E-state index contributed by atoms with van der Waals surface area (Å²) in [7, 11) is 0. The van der Waals surface area contributed by atoms with E-state index < -0.39 is 5.91 Å². The zero-order valence-electron chi connectivity index (χ0n) is 17.8. The molecule has 0 spiro atoms. The number of hydrogen-bond acceptors (Lipinski definition) is 7. The number of primary amides is 1. The Balaban J connectivity index is 1.32. The number of nitrogens with two attached hydrogens (primary N) is 1. The molecule has 5 aromatic rings. The first-order valence-corrected chi connectivity index (χ1v) is 11.1. The number of rotatable bonds is 7. The van der Waals surface area contributed by atoms with E-state index in [0.29, 0.717) is 17.2 Å². The highest BCUT2D eigenvalue weighted by Gasteiger charge is 2.19. The number of aromatic nitrogens is 4. The molecule has 0 atom stereocenters. The summed E-state index contributed by atoms with van der Waals surface area (Å²) in [5.41, 5.74) is 7.78. The van der Waals surface area contributed by atoms with Crippen molar-refractivity contribution < 1.29 is 9.59 Å². The van der Waals surface area contributed by atoms with Gasteiger partial charge in [0.05, 0.1) is 6.33 Å². The Hall–Kier alpha value is -4.57. The van der Waals surface area contributed by atoms with Crippen LogP contribution in [0.4, 0.5) is 15.8 Å². The number of benzene rings is 2. The van der Waals surface area contributed by atoms with Gasteiger partial charge in [-0.15, -0.1) is 0 Å². The summed E-state index contributed by atoms with van der Waals surface area (Å²) in [5.74, 6) is -1.08. The third-order valence-electron chi connectivity index (χ3n) is 5.12. The van der Waals surface area contributed by atoms with Gasteiger partial charge < -0.3 is 20.9 Å². The van der Waals surface area contributed by atoms with Gasteiger partial charge in [0.2, 0.25) is 0 Å². The lowest BCUT2D eigenvalue weighted by Gasteiger charge is -2.06. The highest BCUT2D eigenvalue weighted by atomic mass is 32.1. The molecule has 10 heteroatoms. The van der Waals surface area contributed by atoms with Gasteiger partial charge in [0.15, 0.2) is 10.8 Å². The van der Waals surface area contributed by atoms with E-state index in [4.69, 9.17) is 5.73 Å². The summed E-state index contributed by atoms with van der Waals surface area (Å²) in [5, 5.41) is 8.68. The number of imidazole rings is 1. The molecule has 0 aliphatic carbocycles. The van der Waals surface area contributed by atoms with Gasteiger partial charge in [-0.3, -0.25) is 14.6 Å². The fraction of sp³-hybridized carbons (Fsp3) is 0.0417. The first kappa shape index (κ1) is 21.3. The van der Waals surface area contributed by atoms with Crippen molar-refractivity contribution in [1.82, 2.24) is 19.5 Å². The second-order valence-electron chi connectivity index (χ2n) is 7.51. The van der Waals surface area contributed by atoms with Crippen molar-refractivity contribution in [3.8, 4) is 0 Å². The SMILES string of the molecule is NC(=O)c1nc(Nc2ccc3cnccc3c2)sc1NC(=O)c1ccc(Cn2ccnc2)cc1. The first-order chi connectivity index (χ1) is 16.5. The number of thiazole rings is 1. The van der Waals surface area contributed by atoms with E-state index in [1.54, 1.807) is 37.1 Å². The number of fused-ring (bicyclic) bond motifs is 1. The van der Waals surface area contributed by atoms with Gasteiger partial charge >= 0.3 is 0 Å². The summed E-state index contributed by atoms with van der Waals surface area (Å²) in [6, 6.07) is 14.9. The molecule has 0 fully saturated rings. The third kappa shape index (κ3) is 4.62. The van der Waals surface area contributed by atoms with Gasteiger partial charge in [0.1, 0.15) is 5.00 Å². The van der Waals surface area contributed by atoms with E-state index in [2.05, 4.69) is 25.6 Å². The minimum absolute atomic E-state index is 0.00238. The molecule has 2 aromatic carbocycles. The number of pyridine rings is 1. The number of anilines is 3. The van der Waals surface area contributed by atoms with Crippen molar-refractivity contribution in [1.29, 1.82) is 0 Å². The molecular weight excluding hydrogens is 450 g/mol. The van der Waals surface area contributed by atoms with E-state index in [-0.39, 0.29) is 16.6 Å². The van der Waals surface area contributed by atoms with Gasteiger partial charge in [0, 0.05) is 48.0 Å². The number of carbonyl (C=O) groups excluding carboxylic acids is 2. The Bertz CT molecular complexity index is 1480. The first-order valence-electron chi connectivity index (χ1n) is 10.3. The van der Waals surface area contributed by atoms with Crippen LogP contribution in [0, 0.1) is 0 Å². The van der Waals surface area contributed by atoms with Crippen LogP contribution in [0.25, 0.3) is 10.8 Å². The summed E-state index contributed by atoms with van der Waals surface area (Å²) in [6.07, 6.45) is 8.82. The van der Waals surface area contributed by atoms with E-state index in [1.807, 2.05) is 47.2 Å². The second kappa shape index (κ2) is 9.12. The molecule has 34 heavy (non-hydrogen) atoms. The van der Waals surface area contributed by atoms with Gasteiger partial charge in [0.25, 0.3) is 11.8 Å². The fourth-order valence-electron chi connectivity index (χ4n) is 3.44. The molecular formula is C24H19N7O2S. The highest BCUT2D eigenvalue weighted by Crippen LogP contribution is 2.31. The maximum Gasteiger partial charge on any atom is 0.270 e. The zero-order chi connectivity index (χ0) is 23.5. The minimum Gasteiger partial charge on any atom is -0.364 e. The van der Waals surface area contributed by atoms with Crippen LogP contribution in [-0.4, -0.2) is 31.3 Å². The molecule has 0 aliphatic rings. The Morgan fingerprint density at radius 1 is 1.00 bits per heavy atom. The van der Waals surface area contributed by atoms with Crippen LogP contribution in [0.3, 0.4) is 0 Å². The molecule has 168 valence electrons. The normalized spacial score (nSPS) is 10.8. The molecule has 0 saturated heterocycles. The van der Waals surface area contributed by atoms with Crippen molar-refractivity contribution in [2.45, 2.75) is 6.54 Å². The molecule has 5 rings (SSSR count). The van der Waals surface area contributed by atoms with Crippen molar-refractivity contribution in [3.05, 3.63) is 96.5 Å². The summed E-state index contributed by atoms with van der Waals surface area (Å²) in [6.45, 7) is 0.656. The van der Waals surface area contributed by atoms with Crippen LogP contribution in [0.15, 0.2) is 79.6 Å². The second-order valence-corrected chi connectivity index (χ2v) is 8.51. The average molecular weight is 470 g/mol. The number of amides is 2. The molecule has 4 N–H and O–H groups in total. The zero-order valence-corrected chi connectivity index (χ0v) is 18.6. The molecule has 3 aromatic heterocycles. The van der Waals surface area contributed by atoms with Crippen molar-refractivity contribution in [3.63, 3.8) is 0 Å². The third-order valence-corrected chi connectivity index (χ3v) is 6.01. The van der Waals surface area contributed by atoms with E-state index >= 15 is 0 Å². The van der Waals surface area contributed by atoms with Crippen LogP contribution in [0.5, 0.6) is 0 Å². The smallest absolute Gasteiger partial charge is 0.270 e. The lowest BCUT2D eigenvalue weighted by atomic mass is 10.1. The lowest BCUT2D eigenvalue weighted by molar-refractivity contribution is 0.0997. The predicted octanol–water partition coefficient (Wildman–Crippen LogP) is 4.03. The molecule has 2 amide bonds. The topological polar surface area (TPSA) is 128 Å². The van der Waals surface area contributed by atoms with Crippen LogP contribution >= 0.6 is 11.3 Å². The molecule has 0 radical (unpaired) electrons. The maximum atomic E-state index is 12.8. The summed E-state index contributed by atoms with van der Waals surface area (Å²) in [4.78, 5) is 37.2. The van der Waals surface area contributed by atoms with E-state index in [1.165, 1.54) is 0 Å². The minimum atomic E-state index is -0.722. The Morgan fingerprint density at radius 3 is 2.62 bits per heavy atom. The van der Waals surface area contributed by atoms with E-state index in [9.17, 15) is 9.59 Å². The van der Waals surface area contributed by atoms with Gasteiger partial charge in [-0.2, -0.15) is 0 Å². The standard InChI is InChI=1S/C24H19N7O2S/c25-21(32)20-23(30-22(33)16-3-1-15(2-4-16)13-31-10-9-27-14-31)34-24(29-20)28-19-6-5-18-12-26-8-7-17(18)11-19/h1-12,14H,13H2,(H2,25,32)(H,28,29)(H,30,33). The van der Waals surface area contributed by atoms with E-state index in [0.717, 1.165) is 33.4 Å². The number of hydrogen-bond donors (Lipinski definition) is 3. The molecule has 0 bridgehead atoms. The Morgan fingerprint density at radius 2 is 1.85 bits per heavy atom. The molecule has 0 aliphatic heterocycles. The van der Waals surface area contributed by atoms with Crippen molar-refractivity contribution >= 4 is 49.7 Å². The number of carbonyl (C=O) groups is 2. The van der Waals surface area contributed by atoms with Gasteiger partial charge in [-0.05, 0) is 41.3 Å². The van der Waals surface area contributed by atoms with Gasteiger partial charge in [-0.1, -0.05) is 29.5 Å². The Kier molecular flexibility index (Phi) is 5.71. The molecule has 9 nitrogen and oxygen atoms in total. The Labute approximate surface area is 198 Å². The molecule has 0 saturated carbocycles. The average Bonchev–Trinajstić information content (AvgIpc) is 3.49. The fourth-order valence-corrected chi connectivity index (χ4v) is 4.32. The molecule has 3 heterocycles. The van der Waals surface area contributed by atoms with Crippen LogP contribution in [0.1, 0.15) is 26.4 Å². The quantitative estimate of drug-likeness (QED) is 0.330. The monoisotopic (exact) mass is 469 g/mol. The largest absolute Gasteiger partial charge is 0.364 e. The molecule has 0 unspecified atom stereocenters. The number of nitrogens with one attached hydrogen (secondary N) is 2. The van der Waals surface area contributed by atoms with Gasteiger partial charge in [-0.25, -0.2) is 9.97 Å². The highest BCUT2D eigenvalue weighted by molar-refractivity contribution is 7.20. The summed E-state index contributed by atoms with van der Waals surface area (Å²) >= 11 is 1.14. The van der Waals surface area contributed by atoms with Crippen LogP contribution < -0.4 is 16.4 Å². The van der Waals surface area contributed by atoms with Crippen LogP contribution in [-0.2, 0) is 6.54 Å². The lowest BCUT2D eigenvalue weighted by Crippen LogP contribution is -2.17.